The summed E-state index contributed by atoms with van der Waals surface area (Å²) in [6, 6.07) is 13.4. The monoisotopic (exact) mass is 344 g/mol. The van der Waals surface area contributed by atoms with Crippen molar-refractivity contribution in [3.63, 3.8) is 0 Å². The van der Waals surface area contributed by atoms with Crippen molar-refractivity contribution in [3.8, 4) is 0 Å². The Kier molecular flexibility index (Phi) is 6.21. The first-order valence-electron chi connectivity index (χ1n) is 7.55. The molecular formula is C18H21ClN4O. The second-order valence-corrected chi connectivity index (χ2v) is 5.95. The molecule has 0 saturated heterocycles. The summed E-state index contributed by atoms with van der Waals surface area (Å²) in [5.74, 6) is -0.226. The van der Waals surface area contributed by atoms with Gasteiger partial charge in [0, 0.05) is 30.5 Å². The Morgan fingerprint density at radius 3 is 2.58 bits per heavy atom. The minimum Gasteiger partial charge on any atom is -0.378 e. The van der Waals surface area contributed by atoms with Crippen molar-refractivity contribution in [2.75, 3.05) is 30.9 Å². The molecule has 0 fully saturated rings. The molecule has 0 aliphatic carbocycles. The van der Waals surface area contributed by atoms with Crippen LogP contribution in [-0.2, 0) is 4.79 Å². The van der Waals surface area contributed by atoms with Crippen LogP contribution < -0.4 is 15.6 Å². The van der Waals surface area contributed by atoms with E-state index in [1.165, 1.54) is 0 Å². The molecule has 2 aromatic rings. The quantitative estimate of drug-likeness (QED) is 0.624. The fourth-order valence-electron chi connectivity index (χ4n) is 2.05. The molecule has 2 N–H and O–H groups in total. The molecule has 0 bridgehead atoms. The van der Waals surface area contributed by atoms with Crippen molar-refractivity contribution in [2.24, 2.45) is 5.10 Å². The Morgan fingerprint density at radius 1 is 1.21 bits per heavy atom. The minimum atomic E-state index is -0.226. The molecule has 5 nitrogen and oxygen atoms in total. The van der Waals surface area contributed by atoms with Crippen LogP contribution in [0.2, 0.25) is 5.02 Å². The van der Waals surface area contributed by atoms with Gasteiger partial charge in [0.05, 0.1) is 12.8 Å². The van der Waals surface area contributed by atoms with Crippen molar-refractivity contribution in [1.29, 1.82) is 0 Å². The number of anilines is 2. The number of benzene rings is 2. The summed E-state index contributed by atoms with van der Waals surface area (Å²) in [5.41, 5.74) is 6.27. The van der Waals surface area contributed by atoms with E-state index in [-0.39, 0.29) is 12.5 Å². The maximum absolute atomic E-state index is 11.8. The third-order valence-corrected chi connectivity index (χ3v) is 3.93. The number of carbonyl (C=O) groups excluding carboxylic acids is 1. The van der Waals surface area contributed by atoms with Gasteiger partial charge in [0.2, 0.25) is 0 Å². The summed E-state index contributed by atoms with van der Waals surface area (Å²) >= 11 is 6.04. The first-order valence-corrected chi connectivity index (χ1v) is 7.93. The van der Waals surface area contributed by atoms with Crippen LogP contribution in [0.1, 0.15) is 11.1 Å². The van der Waals surface area contributed by atoms with E-state index in [2.05, 4.69) is 15.8 Å². The van der Waals surface area contributed by atoms with Crippen molar-refractivity contribution >= 4 is 35.1 Å². The smallest absolute Gasteiger partial charge is 0.259 e. The number of hydrogen-bond donors (Lipinski definition) is 2. The summed E-state index contributed by atoms with van der Waals surface area (Å²) < 4.78 is 0. The predicted molar refractivity (Wildman–Crippen MR) is 101 cm³/mol. The molecule has 0 radical (unpaired) electrons. The van der Waals surface area contributed by atoms with E-state index in [1.807, 2.05) is 68.4 Å². The number of hydrogen-bond acceptors (Lipinski definition) is 4. The zero-order chi connectivity index (χ0) is 17.5. The van der Waals surface area contributed by atoms with E-state index in [0.717, 1.165) is 22.5 Å². The lowest BCUT2D eigenvalue weighted by atomic mass is 10.2. The maximum Gasteiger partial charge on any atom is 0.259 e. The van der Waals surface area contributed by atoms with E-state index < -0.39 is 0 Å². The fraction of sp³-hybridized carbons (Fsp3) is 0.222. The predicted octanol–water partition coefficient (Wildman–Crippen LogP) is 3.28. The molecule has 0 aromatic heterocycles. The minimum absolute atomic E-state index is 0.123. The number of rotatable bonds is 6. The van der Waals surface area contributed by atoms with Gasteiger partial charge in [-0.25, -0.2) is 5.43 Å². The summed E-state index contributed by atoms with van der Waals surface area (Å²) in [7, 11) is 3.97. The molecule has 0 aliphatic rings. The first-order chi connectivity index (χ1) is 11.5. The van der Waals surface area contributed by atoms with Crippen molar-refractivity contribution in [2.45, 2.75) is 6.92 Å². The summed E-state index contributed by atoms with van der Waals surface area (Å²) in [6.45, 7) is 2.02. The number of hydrazone groups is 1. The molecule has 0 saturated carbocycles. The van der Waals surface area contributed by atoms with Crippen LogP contribution in [0.5, 0.6) is 0 Å². The highest BCUT2D eigenvalue weighted by Gasteiger charge is 2.04. The number of nitrogens with one attached hydrogen (secondary N) is 2. The average Bonchev–Trinajstić information content (AvgIpc) is 2.56. The molecule has 1 amide bonds. The van der Waals surface area contributed by atoms with Gasteiger partial charge in [-0.15, -0.1) is 0 Å². The second-order valence-electron chi connectivity index (χ2n) is 5.55. The van der Waals surface area contributed by atoms with E-state index in [0.29, 0.717) is 5.02 Å². The van der Waals surface area contributed by atoms with Gasteiger partial charge < -0.3 is 10.2 Å². The second kappa shape index (κ2) is 8.36. The highest BCUT2D eigenvalue weighted by atomic mass is 35.5. The molecule has 0 aliphatic heterocycles. The lowest BCUT2D eigenvalue weighted by molar-refractivity contribution is -0.119. The maximum atomic E-state index is 11.8. The van der Waals surface area contributed by atoms with Gasteiger partial charge in [0.25, 0.3) is 5.91 Å². The largest absolute Gasteiger partial charge is 0.378 e. The van der Waals surface area contributed by atoms with E-state index >= 15 is 0 Å². The third-order valence-electron chi connectivity index (χ3n) is 3.52. The van der Waals surface area contributed by atoms with Gasteiger partial charge in [-0.3, -0.25) is 4.79 Å². The number of amides is 1. The third kappa shape index (κ3) is 4.99. The van der Waals surface area contributed by atoms with Crippen LogP contribution in [0.25, 0.3) is 0 Å². The average molecular weight is 345 g/mol. The molecule has 0 heterocycles. The Hall–Kier alpha value is -2.53. The van der Waals surface area contributed by atoms with Crippen molar-refractivity contribution in [1.82, 2.24) is 5.43 Å². The molecule has 0 spiro atoms. The van der Waals surface area contributed by atoms with Gasteiger partial charge in [-0.2, -0.15) is 5.10 Å². The molecule has 126 valence electrons. The summed E-state index contributed by atoms with van der Waals surface area (Å²) in [6.07, 6.45) is 1.61. The van der Waals surface area contributed by atoms with E-state index in [1.54, 1.807) is 6.21 Å². The normalized spacial score (nSPS) is 10.7. The van der Waals surface area contributed by atoms with Gasteiger partial charge in [0.1, 0.15) is 0 Å². The molecule has 0 unspecified atom stereocenters. The van der Waals surface area contributed by atoms with Gasteiger partial charge >= 0.3 is 0 Å². The van der Waals surface area contributed by atoms with Crippen LogP contribution >= 0.6 is 11.6 Å². The zero-order valence-electron chi connectivity index (χ0n) is 14.0. The van der Waals surface area contributed by atoms with E-state index in [4.69, 9.17) is 11.6 Å². The standard InChI is InChI=1S/C18H21ClN4O/c1-13-16(19)5-4-6-17(13)20-12-18(24)22-21-11-14-7-9-15(10-8-14)23(2)3/h4-11,20H,12H2,1-3H3,(H,22,24). The topological polar surface area (TPSA) is 56.7 Å². The van der Waals surface area contributed by atoms with Gasteiger partial charge in [0.15, 0.2) is 0 Å². The number of halogens is 1. The van der Waals surface area contributed by atoms with Crippen LogP contribution in [0.15, 0.2) is 47.6 Å². The Bertz CT molecular complexity index is 726. The molecule has 0 atom stereocenters. The van der Waals surface area contributed by atoms with Crippen LogP contribution in [-0.4, -0.2) is 32.8 Å². The lowest BCUT2D eigenvalue weighted by Crippen LogP contribution is -2.26. The van der Waals surface area contributed by atoms with Crippen molar-refractivity contribution < 1.29 is 4.79 Å². The molecule has 2 aromatic carbocycles. The highest BCUT2D eigenvalue weighted by Crippen LogP contribution is 2.22. The highest BCUT2D eigenvalue weighted by molar-refractivity contribution is 6.31. The van der Waals surface area contributed by atoms with Crippen LogP contribution in [0.3, 0.4) is 0 Å². The molecule has 6 heteroatoms. The van der Waals surface area contributed by atoms with Gasteiger partial charge in [-0.1, -0.05) is 29.8 Å². The molecule has 2 rings (SSSR count). The Morgan fingerprint density at radius 2 is 1.92 bits per heavy atom. The SMILES string of the molecule is Cc1c(Cl)cccc1NCC(=O)NN=Cc1ccc(N(C)C)cc1. The summed E-state index contributed by atoms with van der Waals surface area (Å²) in [4.78, 5) is 13.8. The summed E-state index contributed by atoms with van der Waals surface area (Å²) in [5, 5.41) is 7.68. The van der Waals surface area contributed by atoms with E-state index in [9.17, 15) is 4.79 Å². The Labute approximate surface area is 147 Å². The van der Waals surface area contributed by atoms with Crippen LogP contribution in [0, 0.1) is 6.92 Å². The van der Waals surface area contributed by atoms with Crippen molar-refractivity contribution in [3.05, 3.63) is 58.6 Å². The lowest BCUT2D eigenvalue weighted by Gasteiger charge is -2.11. The number of carbonyl (C=O) groups is 1. The zero-order valence-corrected chi connectivity index (χ0v) is 14.8. The number of nitrogens with zero attached hydrogens (tertiary/aromatic N) is 2. The first kappa shape index (κ1) is 17.8. The molecular weight excluding hydrogens is 324 g/mol. The van der Waals surface area contributed by atoms with Crippen LogP contribution in [0.4, 0.5) is 11.4 Å². The fourth-order valence-corrected chi connectivity index (χ4v) is 2.23. The molecule has 24 heavy (non-hydrogen) atoms. The Balaban J connectivity index is 1.83. The van der Waals surface area contributed by atoms with Gasteiger partial charge in [-0.05, 0) is 42.3 Å².